The Morgan fingerprint density at radius 3 is 2.94 bits per heavy atom. The molecule has 17 heavy (non-hydrogen) atoms. The predicted octanol–water partition coefficient (Wildman–Crippen LogP) is 2.80. The third kappa shape index (κ3) is 6.09. The molecule has 0 aliphatic carbocycles. The van der Waals surface area contributed by atoms with E-state index in [9.17, 15) is 0 Å². The van der Waals surface area contributed by atoms with Gasteiger partial charge in [0.1, 0.15) is 0 Å². The lowest BCUT2D eigenvalue weighted by atomic mass is 10.0. The molecule has 1 rings (SSSR count). The fraction of sp³-hybridized carbons (Fsp3) is 0.533. The minimum absolute atomic E-state index is 0.521. The van der Waals surface area contributed by atoms with Crippen LogP contribution in [0.1, 0.15) is 38.3 Å². The summed E-state index contributed by atoms with van der Waals surface area (Å²) >= 11 is 0. The van der Waals surface area contributed by atoms with E-state index in [-0.39, 0.29) is 0 Å². The van der Waals surface area contributed by atoms with E-state index in [1.807, 2.05) is 18.3 Å². The summed E-state index contributed by atoms with van der Waals surface area (Å²) in [4.78, 5) is 4.34. The Hall–Kier alpha value is -1.33. The van der Waals surface area contributed by atoms with Crippen molar-refractivity contribution in [2.45, 2.75) is 45.1 Å². The average molecular weight is 230 g/mol. The molecule has 1 unspecified atom stereocenters. The van der Waals surface area contributed by atoms with Crippen LogP contribution in [0.25, 0.3) is 0 Å². The first kappa shape index (κ1) is 13.7. The van der Waals surface area contributed by atoms with Crippen molar-refractivity contribution in [1.29, 1.82) is 0 Å². The number of aryl methyl sites for hydroxylation is 1. The summed E-state index contributed by atoms with van der Waals surface area (Å²) in [6, 6.07) is 6.60. The van der Waals surface area contributed by atoms with E-state index < -0.39 is 0 Å². The molecule has 0 fully saturated rings. The van der Waals surface area contributed by atoms with Crippen LogP contribution in [0.2, 0.25) is 0 Å². The van der Waals surface area contributed by atoms with E-state index in [0.717, 1.165) is 44.3 Å². The van der Waals surface area contributed by atoms with Crippen LogP contribution in [0, 0.1) is 12.3 Å². The van der Waals surface area contributed by atoms with Gasteiger partial charge in [-0.15, -0.1) is 12.3 Å². The number of pyridine rings is 1. The lowest BCUT2D eigenvalue weighted by Crippen LogP contribution is -2.30. The van der Waals surface area contributed by atoms with Gasteiger partial charge >= 0.3 is 0 Å². The quantitative estimate of drug-likeness (QED) is 0.695. The molecule has 0 aromatic carbocycles. The van der Waals surface area contributed by atoms with Gasteiger partial charge in [0.15, 0.2) is 0 Å². The highest BCUT2D eigenvalue weighted by atomic mass is 14.9. The van der Waals surface area contributed by atoms with Gasteiger partial charge in [0, 0.05) is 24.4 Å². The van der Waals surface area contributed by atoms with Gasteiger partial charge in [-0.2, -0.15) is 0 Å². The first-order chi connectivity index (χ1) is 8.36. The number of hydrogen-bond acceptors (Lipinski definition) is 2. The molecule has 0 saturated carbocycles. The van der Waals surface area contributed by atoms with Gasteiger partial charge < -0.3 is 5.32 Å². The Bertz CT molecular complexity index is 327. The summed E-state index contributed by atoms with van der Waals surface area (Å²) in [5.74, 6) is 2.72. The molecule has 0 amide bonds. The van der Waals surface area contributed by atoms with Gasteiger partial charge in [-0.3, -0.25) is 4.98 Å². The van der Waals surface area contributed by atoms with Crippen LogP contribution in [0.5, 0.6) is 0 Å². The maximum atomic E-state index is 5.32. The van der Waals surface area contributed by atoms with E-state index in [1.165, 1.54) is 0 Å². The molecule has 1 N–H and O–H groups in total. The number of nitrogens with zero attached hydrogens (tertiary/aromatic N) is 1. The van der Waals surface area contributed by atoms with E-state index in [1.54, 1.807) is 0 Å². The standard InChI is InChI=1S/C15H22N2/c1-3-5-8-14(16-12-4-2)10-11-15-9-6-7-13-17-15/h1,6-7,9,13-14,16H,4-5,8,10-12H2,2H3. The number of rotatable bonds is 8. The summed E-state index contributed by atoms with van der Waals surface area (Å²) < 4.78 is 0. The Labute approximate surface area is 105 Å². The fourth-order valence-corrected chi connectivity index (χ4v) is 1.82. The van der Waals surface area contributed by atoms with E-state index in [0.29, 0.717) is 6.04 Å². The minimum Gasteiger partial charge on any atom is -0.314 e. The molecular formula is C15H22N2. The molecule has 2 heteroatoms. The van der Waals surface area contributed by atoms with Crippen LogP contribution in [0.15, 0.2) is 24.4 Å². The number of aromatic nitrogens is 1. The normalized spacial score (nSPS) is 12.0. The highest BCUT2D eigenvalue weighted by Crippen LogP contribution is 2.07. The van der Waals surface area contributed by atoms with Crippen LogP contribution < -0.4 is 5.32 Å². The number of hydrogen-bond donors (Lipinski definition) is 1. The summed E-state index contributed by atoms with van der Waals surface area (Å²) in [5, 5.41) is 3.55. The van der Waals surface area contributed by atoms with Crippen molar-refractivity contribution in [1.82, 2.24) is 10.3 Å². The van der Waals surface area contributed by atoms with E-state index in [2.05, 4.69) is 29.2 Å². The van der Waals surface area contributed by atoms with Crippen LogP contribution in [0.4, 0.5) is 0 Å². The SMILES string of the molecule is C#CCCC(CCc1ccccn1)NCCC. The molecule has 1 aromatic rings. The Morgan fingerprint density at radius 2 is 2.29 bits per heavy atom. The van der Waals surface area contributed by atoms with Crippen molar-refractivity contribution in [2.75, 3.05) is 6.54 Å². The maximum Gasteiger partial charge on any atom is 0.0404 e. The monoisotopic (exact) mass is 230 g/mol. The van der Waals surface area contributed by atoms with Crippen LogP contribution in [-0.2, 0) is 6.42 Å². The van der Waals surface area contributed by atoms with E-state index in [4.69, 9.17) is 6.42 Å². The third-order valence-corrected chi connectivity index (χ3v) is 2.80. The van der Waals surface area contributed by atoms with Crippen molar-refractivity contribution < 1.29 is 0 Å². The van der Waals surface area contributed by atoms with Crippen molar-refractivity contribution in [3.8, 4) is 12.3 Å². The Kier molecular flexibility index (Phi) is 7.09. The molecule has 1 aromatic heterocycles. The number of nitrogens with one attached hydrogen (secondary N) is 1. The molecule has 0 saturated heterocycles. The molecule has 0 bridgehead atoms. The molecule has 92 valence electrons. The largest absolute Gasteiger partial charge is 0.314 e. The molecule has 2 nitrogen and oxygen atoms in total. The zero-order valence-electron chi connectivity index (χ0n) is 10.7. The molecule has 0 radical (unpaired) electrons. The third-order valence-electron chi connectivity index (χ3n) is 2.80. The van der Waals surface area contributed by atoms with Crippen LogP contribution >= 0.6 is 0 Å². The second-order valence-corrected chi connectivity index (χ2v) is 4.25. The molecule has 0 spiro atoms. The molecular weight excluding hydrogens is 208 g/mol. The van der Waals surface area contributed by atoms with Crippen molar-refractivity contribution in [3.05, 3.63) is 30.1 Å². The zero-order valence-corrected chi connectivity index (χ0v) is 10.7. The first-order valence-corrected chi connectivity index (χ1v) is 6.43. The van der Waals surface area contributed by atoms with Gasteiger partial charge in [0.2, 0.25) is 0 Å². The van der Waals surface area contributed by atoms with Gasteiger partial charge in [-0.25, -0.2) is 0 Å². The summed E-state index contributed by atoms with van der Waals surface area (Å²) in [5.41, 5.74) is 1.16. The Balaban J connectivity index is 2.35. The lowest BCUT2D eigenvalue weighted by Gasteiger charge is -2.17. The molecule has 0 aliphatic rings. The fourth-order valence-electron chi connectivity index (χ4n) is 1.82. The smallest absolute Gasteiger partial charge is 0.0404 e. The van der Waals surface area contributed by atoms with Gasteiger partial charge in [0.25, 0.3) is 0 Å². The van der Waals surface area contributed by atoms with Gasteiger partial charge in [-0.05, 0) is 44.4 Å². The lowest BCUT2D eigenvalue weighted by molar-refractivity contribution is 0.456. The molecule has 1 heterocycles. The Morgan fingerprint density at radius 1 is 1.41 bits per heavy atom. The number of terminal acetylenes is 1. The zero-order chi connectivity index (χ0) is 12.3. The predicted molar refractivity (Wildman–Crippen MR) is 72.7 cm³/mol. The van der Waals surface area contributed by atoms with Gasteiger partial charge in [0.05, 0.1) is 0 Å². The van der Waals surface area contributed by atoms with Crippen molar-refractivity contribution in [3.63, 3.8) is 0 Å². The van der Waals surface area contributed by atoms with Crippen molar-refractivity contribution in [2.24, 2.45) is 0 Å². The topological polar surface area (TPSA) is 24.9 Å². The highest BCUT2D eigenvalue weighted by molar-refractivity contribution is 5.03. The maximum absolute atomic E-state index is 5.32. The average Bonchev–Trinajstić information content (AvgIpc) is 2.39. The van der Waals surface area contributed by atoms with E-state index >= 15 is 0 Å². The minimum atomic E-state index is 0.521. The van der Waals surface area contributed by atoms with Crippen LogP contribution in [0.3, 0.4) is 0 Å². The summed E-state index contributed by atoms with van der Waals surface area (Å²) in [6.45, 7) is 3.25. The van der Waals surface area contributed by atoms with Gasteiger partial charge in [-0.1, -0.05) is 13.0 Å². The van der Waals surface area contributed by atoms with Crippen LogP contribution in [-0.4, -0.2) is 17.6 Å². The summed E-state index contributed by atoms with van der Waals surface area (Å²) in [6.07, 6.45) is 12.4. The molecule has 1 atom stereocenters. The second kappa shape index (κ2) is 8.78. The second-order valence-electron chi connectivity index (χ2n) is 4.25. The van der Waals surface area contributed by atoms with Crippen molar-refractivity contribution >= 4 is 0 Å². The highest BCUT2D eigenvalue weighted by Gasteiger charge is 2.07. The summed E-state index contributed by atoms with van der Waals surface area (Å²) in [7, 11) is 0. The molecule has 0 aliphatic heterocycles. The first-order valence-electron chi connectivity index (χ1n) is 6.43.